The number of ether oxygens (including phenoxy) is 1. The zero-order valence-electron chi connectivity index (χ0n) is 13.5. The molecule has 0 unspecified atom stereocenters. The number of anilines is 3. The highest BCUT2D eigenvalue weighted by atomic mass is 79.9. The fourth-order valence-corrected chi connectivity index (χ4v) is 2.57. The molecule has 3 aromatic rings. The number of carbonyl (C=O) groups is 1. The first-order valence-corrected chi connectivity index (χ1v) is 8.38. The predicted molar refractivity (Wildman–Crippen MR) is 103 cm³/mol. The van der Waals surface area contributed by atoms with Gasteiger partial charge in [-0.3, -0.25) is 4.79 Å². The number of hydrogen-bond donors (Lipinski definition) is 2. The van der Waals surface area contributed by atoms with Crippen molar-refractivity contribution < 1.29 is 9.53 Å². The molecular formula is C19H16BrN3O2. The van der Waals surface area contributed by atoms with E-state index in [0.717, 1.165) is 21.6 Å². The largest absolute Gasteiger partial charge is 0.497 e. The molecule has 25 heavy (non-hydrogen) atoms. The molecule has 2 aromatic carbocycles. The summed E-state index contributed by atoms with van der Waals surface area (Å²) in [4.78, 5) is 16.5. The highest BCUT2D eigenvalue weighted by molar-refractivity contribution is 9.10. The van der Waals surface area contributed by atoms with Crippen molar-refractivity contribution in [3.05, 3.63) is 77.0 Å². The summed E-state index contributed by atoms with van der Waals surface area (Å²) in [7, 11) is 1.60. The summed E-state index contributed by atoms with van der Waals surface area (Å²) < 4.78 is 6.05. The van der Waals surface area contributed by atoms with Crippen LogP contribution in [0.5, 0.6) is 5.75 Å². The first kappa shape index (κ1) is 17.0. The number of rotatable bonds is 5. The number of hydrogen-bond acceptors (Lipinski definition) is 4. The molecule has 6 heteroatoms. The van der Waals surface area contributed by atoms with Crippen molar-refractivity contribution in [3.8, 4) is 5.75 Å². The molecule has 0 aliphatic rings. The number of carbonyl (C=O) groups excluding carboxylic acids is 1. The van der Waals surface area contributed by atoms with Crippen LogP contribution in [0.2, 0.25) is 0 Å². The molecule has 0 bridgehead atoms. The van der Waals surface area contributed by atoms with E-state index in [1.165, 1.54) is 0 Å². The minimum Gasteiger partial charge on any atom is -0.497 e. The average Bonchev–Trinajstić information content (AvgIpc) is 2.65. The van der Waals surface area contributed by atoms with Crippen LogP contribution in [0.1, 0.15) is 10.5 Å². The Morgan fingerprint density at radius 1 is 1.00 bits per heavy atom. The molecule has 0 aliphatic heterocycles. The third kappa shape index (κ3) is 4.36. The van der Waals surface area contributed by atoms with Crippen molar-refractivity contribution in [3.63, 3.8) is 0 Å². The van der Waals surface area contributed by atoms with Crippen LogP contribution in [0.3, 0.4) is 0 Å². The van der Waals surface area contributed by atoms with Crippen molar-refractivity contribution >= 4 is 38.9 Å². The predicted octanol–water partition coefficient (Wildman–Crippen LogP) is 4.85. The topological polar surface area (TPSA) is 63.2 Å². The number of benzene rings is 2. The molecule has 126 valence electrons. The number of nitrogens with one attached hydrogen (secondary N) is 2. The minimum atomic E-state index is -0.266. The second kappa shape index (κ2) is 7.81. The van der Waals surface area contributed by atoms with Crippen LogP contribution in [0.25, 0.3) is 0 Å². The van der Waals surface area contributed by atoms with Gasteiger partial charge >= 0.3 is 0 Å². The van der Waals surface area contributed by atoms with E-state index in [4.69, 9.17) is 4.74 Å². The van der Waals surface area contributed by atoms with E-state index in [-0.39, 0.29) is 5.91 Å². The van der Waals surface area contributed by atoms with Crippen molar-refractivity contribution in [1.82, 2.24) is 4.98 Å². The van der Waals surface area contributed by atoms with Gasteiger partial charge in [-0.15, -0.1) is 0 Å². The zero-order chi connectivity index (χ0) is 17.6. The molecule has 0 radical (unpaired) electrons. The van der Waals surface area contributed by atoms with Gasteiger partial charge in [-0.25, -0.2) is 4.98 Å². The number of pyridine rings is 1. The number of halogens is 1. The maximum Gasteiger partial charge on any atom is 0.274 e. The monoisotopic (exact) mass is 397 g/mol. The van der Waals surface area contributed by atoms with E-state index < -0.39 is 0 Å². The van der Waals surface area contributed by atoms with E-state index in [1.54, 1.807) is 43.6 Å². The molecule has 5 nitrogen and oxygen atoms in total. The minimum absolute atomic E-state index is 0.266. The Labute approximate surface area is 154 Å². The molecular weight excluding hydrogens is 382 g/mol. The van der Waals surface area contributed by atoms with Gasteiger partial charge in [0.1, 0.15) is 11.4 Å². The summed E-state index contributed by atoms with van der Waals surface area (Å²) in [6, 6.07) is 18.4. The Morgan fingerprint density at radius 3 is 2.36 bits per heavy atom. The maximum atomic E-state index is 12.3. The lowest BCUT2D eigenvalue weighted by molar-refractivity contribution is 0.102. The highest BCUT2D eigenvalue weighted by Gasteiger charge is 2.08. The van der Waals surface area contributed by atoms with E-state index in [2.05, 4.69) is 31.5 Å². The summed E-state index contributed by atoms with van der Waals surface area (Å²) in [5.41, 5.74) is 2.75. The van der Waals surface area contributed by atoms with E-state index in [9.17, 15) is 4.79 Å². The van der Waals surface area contributed by atoms with Crippen LogP contribution in [0.4, 0.5) is 17.1 Å². The van der Waals surface area contributed by atoms with Crippen LogP contribution >= 0.6 is 15.9 Å². The molecule has 0 spiro atoms. The average molecular weight is 398 g/mol. The van der Waals surface area contributed by atoms with Crippen LogP contribution in [-0.2, 0) is 0 Å². The van der Waals surface area contributed by atoms with Gasteiger partial charge in [0, 0.05) is 10.2 Å². The fourth-order valence-electron chi connectivity index (χ4n) is 2.19. The SMILES string of the molecule is COc1ccc(NC(=O)c2ccc(Nc3ccccc3Br)cn2)cc1. The van der Waals surface area contributed by atoms with E-state index in [1.807, 2.05) is 30.3 Å². The number of amides is 1. The van der Waals surface area contributed by atoms with Gasteiger partial charge in [0.05, 0.1) is 24.7 Å². The Hall–Kier alpha value is -2.86. The Kier molecular flexibility index (Phi) is 5.30. The second-order valence-corrected chi connectivity index (χ2v) is 6.07. The van der Waals surface area contributed by atoms with Crippen molar-refractivity contribution in [2.75, 3.05) is 17.7 Å². The summed E-state index contributed by atoms with van der Waals surface area (Å²) in [6.07, 6.45) is 1.63. The summed E-state index contributed by atoms with van der Waals surface area (Å²) >= 11 is 3.48. The fraction of sp³-hybridized carbons (Fsp3) is 0.0526. The number of nitrogens with zero attached hydrogens (tertiary/aromatic N) is 1. The van der Waals surface area contributed by atoms with Gasteiger partial charge in [-0.2, -0.15) is 0 Å². The van der Waals surface area contributed by atoms with Gasteiger partial charge in [-0.1, -0.05) is 12.1 Å². The lowest BCUT2D eigenvalue weighted by Gasteiger charge is -2.09. The van der Waals surface area contributed by atoms with E-state index in [0.29, 0.717) is 11.4 Å². The molecule has 2 N–H and O–H groups in total. The molecule has 1 heterocycles. The van der Waals surface area contributed by atoms with Crippen LogP contribution in [0, 0.1) is 0 Å². The molecule has 0 fully saturated rings. The van der Waals surface area contributed by atoms with Gasteiger partial charge < -0.3 is 15.4 Å². The van der Waals surface area contributed by atoms with Crippen LogP contribution in [0.15, 0.2) is 71.3 Å². The third-order valence-electron chi connectivity index (χ3n) is 3.50. The van der Waals surface area contributed by atoms with Gasteiger partial charge in [-0.05, 0) is 64.5 Å². The van der Waals surface area contributed by atoms with Gasteiger partial charge in [0.15, 0.2) is 0 Å². The molecule has 0 saturated heterocycles. The summed E-state index contributed by atoms with van der Waals surface area (Å²) in [5, 5.41) is 6.05. The normalized spacial score (nSPS) is 10.2. The summed E-state index contributed by atoms with van der Waals surface area (Å²) in [6.45, 7) is 0. The van der Waals surface area contributed by atoms with Crippen molar-refractivity contribution in [2.24, 2.45) is 0 Å². The zero-order valence-corrected chi connectivity index (χ0v) is 15.1. The third-order valence-corrected chi connectivity index (χ3v) is 4.19. The Morgan fingerprint density at radius 2 is 1.72 bits per heavy atom. The smallest absolute Gasteiger partial charge is 0.274 e. The molecule has 1 aromatic heterocycles. The standard InChI is InChI=1S/C19H16BrN3O2/c1-25-15-9-6-13(7-10-15)23-19(24)18-11-8-14(12-21-18)22-17-5-3-2-4-16(17)20/h2-12,22H,1H3,(H,23,24). The number of methoxy groups -OCH3 is 1. The lowest BCUT2D eigenvalue weighted by Crippen LogP contribution is -2.13. The second-order valence-electron chi connectivity index (χ2n) is 5.22. The van der Waals surface area contributed by atoms with Gasteiger partial charge in [0.2, 0.25) is 0 Å². The van der Waals surface area contributed by atoms with Crippen LogP contribution in [-0.4, -0.2) is 18.0 Å². The Bertz CT molecular complexity index is 865. The van der Waals surface area contributed by atoms with Crippen LogP contribution < -0.4 is 15.4 Å². The Balaban J connectivity index is 1.66. The first-order valence-electron chi connectivity index (χ1n) is 7.59. The maximum absolute atomic E-state index is 12.3. The summed E-state index contributed by atoms with van der Waals surface area (Å²) in [5.74, 6) is 0.469. The van der Waals surface area contributed by atoms with Gasteiger partial charge in [0.25, 0.3) is 5.91 Å². The number of aromatic nitrogens is 1. The lowest BCUT2D eigenvalue weighted by atomic mass is 10.2. The molecule has 1 amide bonds. The van der Waals surface area contributed by atoms with E-state index >= 15 is 0 Å². The molecule has 0 aliphatic carbocycles. The van der Waals surface area contributed by atoms with Crippen molar-refractivity contribution in [1.29, 1.82) is 0 Å². The quantitative estimate of drug-likeness (QED) is 0.645. The molecule has 3 rings (SSSR count). The highest BCUT2D eigenvalue weighted by Crippen LogP contribution is 2.25. The number of para-hydroxylation sites is 1. The first-order chi connectivity index (χ1) is 12.2. The van der Waals surface area contributed by atoms with Crippen molar-refractivity contribution in [2.45, 2.75) is 0 Å². The molecule has 0 atom stereocenters. The molecule has 0 saturated carbocycles.